The van der Waals surface area contributed by atoms with E-state index in [4.69, 9.17) is 9.15 Å². The Morgan fingerprint density at radius 3 is 2.50 bits per heavy atom. The fourth-order valence-corrected chi connectivity index (χ4v) is 1.81. The molecule has 1 heterocycles. The van der Waals surface area contributed by atoms with Crippen LogP contribution in [0.5, 0.6) is 5.75 Å². The van der Waals surface area contributed by atoms with E-state index in [0.717, 1.165) is 5.75 Å². The first kappa shape index (κ1) is 16.0. The normalized spacial score (nSPS) is 12.2. The minimum Gasteiger partial charge on any atom is -0.493 e. The highest BCUT2D eigenvalue weighted by Crippen LogP contribution is 2.16. The van der Waals surface area contributed by atoms with Gasteiger partial charge in [0.15, 0.2) is 0 Å². The number of benzene rings is 1. The molecule has 6 nitrogen and oxygen atoms in total. The van der Waals surface area contributed by atoms with Crippen LogP contribution in [0.4, 0.5) is 0 Å². The number of aromatic nitrogens is 2. The Bertz CT molecular complexity index is 596. The summed E-state index contributed by atoms with van der Waals surface area (Å²) in [7, 11) is 0. The number of hydrogen-bond acceptors (Lipinski definition) is 5. The number of rotatable bonds is 7. The lowest BCUT2D eigenvalue weighted by molar-refractivity contribution is -0.122. The number of para-hydroxylation sites is 1. The minimum absolute atomic E-state index is 0.118. The van der Waals surface area contributed by atoms with Crippen LogP contribution in [0.3, 0.4) is 0 Å². The molecule has 1 N–H and O–H groups in total. The predicted octanol–water partition coefficient (Wildman–Crippen LogP) is 2.84. The molecule has 22 heavy (non-hydrogen) atoms. The van der Waals surface area contributed by atoms with Crippen molar-refractivity contribution in [1.29, 1.82) is 0 Å². The maximum absolute atomic E-state index is 11.9. The number of amides is 1. The SMILES string of the molecule is CC(C)c1nnc(C(C)NC(=O)CCOc2ccccc2)o1. The van der Waals surface area contributed by atoms with Crippen molar-refractivity contribution in [3.05, 3.63) is 42.1 Å². The highest BCUT2D eigenvalue weighted by atomic mass is 16.5. The van der Waals surface area contributed by atoms with Crippen molar-refractivity contribution in [2.75, 3.05) is 6.61 Å². The molecule has 2 rings (SSSR count). The van der Waals surface area contributed by atoms with Crippen molar-refractivity contribution in [3.63, 3.8) is 0 Å². The van der Waals surface area contributed by atoms with Crippen LogP contribution >= 0.6 is 0 Å². The lowest BCUT2D eigenvalue weighted by atomic mass is 10.2. The molecule has 2 aromatic rings. The van der Waals surface area contributed by atoms with Gasteiger partial charge in [-0.05, 0) is 19.1 Å². The summed E-state index contributed by atoms with van der Waals surface area (Å²) in [6.45, 7) is 6.08. The molecule has 0 saturated heterocycles. The van der Waals surface area contributed by atoms with Gasteiger partial charge in [0.2, 0.25) is 17.7 Å². The van der Waals surface area contributed by atoms with Gasteiger partial charge in [0.05, 0.1) is 13.0 Å². The highest BCUT2D eigenvalue weighted by Gasteiger charge is 2.17. The third-order valence-electron chi connectivity index (χ3n) is 3.04. The Morgan fingerprint density at radius 2 is 1.86 bits per heavy atom. The lowest BCUT2D eigenvalue weighted by Gasteiger charge is -2.10. The molecular formula is C16H21N3O3. The topological polar surface area (TPSA) is 77.2 Å². The van der Waals surface area contributed by atoms with E-state index >= 15 is 0 Å². The summed E-state index contributed by atoms with van der Waals surface area (Å²) < 4.78 is 11.0. The van der Waals surface area contributed by atoms with Gasteiger partial charge >= 0.3 is 0 Å². The fraction of sp³-hybridized carbons (Fsp3) is 0.438. The summed E-state index contributed by atoms with van der Waals surface area (Å²) in [4.78, 5) is 11.9. The van der Waals surface area contributed by atoms with E-state index in [9.17, 15) is 4.79 Å². The van der Waals surface area contributed by atoms with Gasteiger partial charge in [-0.25, -0.2) is 0 Å². The average molecular weight is 303 g/mol. The number of ether oxygens (including phenoxy) is 1. The van der Waals surface area contributed by atoms with Crippen LogP contribution in [0, 0.1) is 0 Å². The molecule has 1 amide bonds. The van der Waals surface area contributed by atoms with Crippen LogP contribution in [0.1, 0.15) is 50.9 Å². The van der Waals surface area contributed by atoms with Crippen molar-refractivity contribution in [1.82, 2.24) is 15.5 Å². The van der Waals surface area contributed by atoms with Crippen LogP contribution in [0.15, 0.2) is 34.7 Å². The first-order valence-electron chi connectivity index (χ1n) is 7.36. The van der Waals surface area contributed by atoms with Crippen molar-refractivity contribution >= 4 is 5.91 Å². The lowest BCUT2D eigenvalue weighted by Crippen LogP contribution is -2.28. The summed E-state index contributed by atoms with van der Waals surface area (Å²) >= 11 is 0. The summed E-state index contributed by atoms with van der Waals surface area (Å²) in [5, 5.41) is 10.7. The molecule has 0 aliphatic rings. The number of carbonyl (C=O) groups excluding carboxylic acids is 1. The van der Waals surface area contributed by atoms with Crippen LogP contribution in [0.25, 0.3) is 0 Å². The first-order valence-corrected chi connectivity index (χ1v) is 7.36. The molecule has 1 unspecified atom stereocenters. The molecule has 1 aromatic heterocycles. The van der Waals surface area contributed by atoms with Crippen LogP contribution < -0.4 is 10.1 Å². The first-order chi connectivity index (χ1) is 10.6. The molecule has 0 bridgehead atoms. The number of hydrogen-bond donors (Lipinski definition) is 1. The Kier molecular flexibility index (Phi) is 5.52. The third kappa shape index (κ3) is 4.58. The van der Waals surface area contributed by atoms with E-state index in [1.165, 1.54) is 0 Å². The van der Waals surface area contributed by atoms with E-state index < -0.39 is 0 Å². The standard InChI is InChI=1S/C16H21N3O3/c1-11(2)15-18-19-16(22-15)12(3)17-14(20)9-10-21-13-7-5-4-6-8-13/h4-8,11-12H,9-10H2,1-3H3,(H,17,20). The Morgan fingerprint density at radius 1 is 1.18 bits per heavy atom. The van der Waals surface area contributed by atoms with E-state index in [1.807, 2.05) is 51.1 Å². The maximum Gasteiger partial charge on any atom is 0.238 e. The van der Waals surface area contributed by atoms with E-state index in [1.54, 1.807) is 0 Å². The van der Waals surface area contributed by atoms with E-state index in [-0.39, 0.29) is 24.3 Å². The summed E-state index contributed by atoms with van der Waals surface area (Å²) in [5.41, 5.74) is 0. The Hall–Kier alpha value is -2.37. The molecule has 0 aliphatic heterocycles. The van der Waals surface area contributed by atoms with Gasteiger partial charge in [-0.15, -0.1) is 10.2 Å². The second kappa shape index (κ2) is 7.59. The zero-order valence-electron chi connectivity index (χ0n) is 13.1. The van der Waals surface area contributed by atoms with Gasteiger partial charge in [-0.2, -0.15) is 0 Å². The molecule has 0 spiro atoms. The smallest absolute Gasteiger partial charge is 0.238 e. The molecule has 118 valence electrons. The minimum atomic E-state index is -0.316. The second-order valence-electron chi connectivity index (χ2n) is 5.33. The molecule has 6 heteroatoms. The van der Waals surface area contributed by atoms with Crippen LogP contribution in [0.2, 0.25) is 0 Å². The van der Waals surface area contributed by atoms with Gasteiger partial charge in [0.1, 0.15) is 11.8 Å². The molecule has 0 saturated carbocycles. The Balaban J connectivity index is 1.76. The summed E-state index contributed by atoms with van der Waals surface area (Å²) in [6, 6.07) is 9.08. The van der Waals surface area contributed by atoms with Crippen molar-refractivity contribution < 1.29 is 13.9 Å². The quantitative estimate of drug-likeness (QED) is 0.851. The zero-order chi connectivity index (χ0) is 15.9. The van der Waals surface area contributed by atoms with E-state index in [2.05, 4.69) is 15.5 Å². The summed E-state index contributed by atoms with van der Waals surface area (Å²) in [5.74, 6) is 1.79. The highest BCUT2D eigenvalue weighted by molar-refractivity contribution is 5.76. The monoisotopic (exact) mass is 303 g/mol. The number of nitrogens with zero attached hydrogens (tertiary/aromatic N) is 2. The number of nitrogens with one attached hydrogen (secondary N) is 1. The van der Waals surface area contributed by atoms with Gasteiger partial charge < -0.3 is 14.5 Å². The molecule has 1 atom stereocenters. The third-order valence-corrected chi connectivity index (χ3v) is 3.04. The second-order valence-corrected chi connectivity index (χ2v) is 5.33. The number of carbonyl (C=O) groups is 1. The van der Waals surface area contributed by atoms with Crippen LogP contribution in [-0.4, -0.2) is 22.7 Å². The molecule has 1 aromatic carbocycles. The maximum atomic E-state index is 11.9. The van der Waals surface area contributed by atoms with Crippen LogP contribution in [-0.2, 0) is 4.79 Å². The predicted molar refractivity (Wildman–Crippen MR) is 81.5 cm³/mol. The van der Waals surface area contributed by atoms with Gasteiger partial charge in [-0.1, -0.05) is 32.0 Å². The molecular weight excluding hydrogens is 282 g/mol. The zero-order valence-corrected chi connectivity index (χ0v) is 13.1. The van der Waals surface area contributed by atoms with Crippen molar-refractivity contribution in [3.8, 4) is 5.75 Å². The molecule has 0 aliphatic carbocycles. The van der Waals surface area contributed by atoms with Gasteiger partial charge in [0.25, 0.3) is 0 Å². The average Bonchev–Trinajstić information content (AvgIpc) is 2.98. The van der Waals surface area contributed by atoms with Crippen molar-refractivity contribution in [2.45, 2.75) is 39.2 Å². The van der Waals surface area contributed by atoms with E-state index in [0.29, 0.717) is 18.4 Å². The Labute approximate surface area is 129 Å². The van der Waals surface area contributed by atoms with Gasteiger partial charge in [-0.3, -0.25) is 4.79 Å². The largest absolute Gasteiger partial charge is 0.493 e. The molecule has 0 fully saturated rings. The fourth-order valence-electron chi connectivity index (χ4n) is 1.81. The molecule has 0 radical (unpaired) electrons. The summed E-state index contributed by atoms with van der Waals surface area (Å²) in [6.07, 6.45) is 0.268. The van der Waals surface area contributed by atoms with Crippen molar-refractivity contribution in [2.24, 2.45) is 0 Å². The van der Waals surface area contributed by atoms with Gasteiger partial charge in [0, 0.05) is 5.92 Å².